The highest BCUT2D eigenvalue weighted by molar-refractivity contribution is 5.94. The lowest BCUT2D eigenvalue weighted by Gasteiger charge is -2.23. The summed E-state index contributed by atoms with van der Waals surface area (Å²) < 4.78 is 0. The van der Waals surface area contributed by atoms with Gasteiger partial charge < -0.3 is 42.7 Å². The normalized spacial score (nSPS) is 14.5. The number of primary amides is 1. The second-order valence-corrected chi connectivity index (χ2v) is 6.42. The molecule has 14 heteroatoms. The predicted octanol–water partition coefficient (Wildman–Crippen LogP) is -4.00. The highest BCUT2D eigenvalue weighted by Crippen LogP contribution is 2.02. The van der Waals surface area contributed by atoms with Gasteiger partial charge in [-0.3, -0.25) is 28.8 Å². The summed E-state index contributed by atoms with van der Waals surface area (Å²) in [6, 6.07) is -5.45. The minimum absolute atomic E-state index is 0.208. The minimum atomic E-state index is -1.53. The number of hydrogen-bond donors (Lipinski definition) is 8. The van der Waals surface area contributed by atoms with Crippen LogP contribution in [-0.2, 0) is 28.8 Å². The average Bonchev–Trinajstić information content (AvgIpc) is 2.66. The van der Waals surface area contributed by atoms with Crippen molar-refractivity contribution in [3.8, 4) is 0 Å². The van der Waals surface area contributed by atoms with Gasteiger partial charge in [0.2, 0.25) is 23.6 Å². The largest absolute Gasteiger partial charge is 0.481 e. The Morgan fingerprint density at radius 1 is 0.833 bits per heavy atom. The Morgan fingerprint density at radius 3 is 1.83 bits per heavy atom. The van der Waals surface area contributed by atoms with E-state index in [1.165, 1.54) is 6.92 Å². The molecule has 4 amide bonds. The van der Waals surface area contributed by atoms with Gasteiger partial charge in [-0.1, -0.05) is 0 Å². The number of aliphatic hydroxyl groups excluding tert-OH is 1. The number of carboxylic acid groups (broad SMARTS) is 2. The second-order valence-electron chi connectivity index (χ2n) is 6.42. The Balaban J connectivity index is 5.16. The first-order valence-corrected chi connectivity index (χ1v) is 8.89. The maximum absolute atomic E-state index is 12.5. The lowest BCUT2D eigenvalue weighted by molar-refractivity contribution is -0.142. The standard InChI is InChI=1S/C16H27N5O9/c1-7(16(29)30)19-15(28)10(6-22)21-14(27)9(3-4-11(18)23)20-13(26)8(17)2-5-12(24)25/h7-10,22H,2-6,17H2,1H3,(H2,18,23)(H,19,28)(H,20,26)(H,21,27)(H,24,25)(H,29,30). The fourth-order valence-corrected chi connectivity index (χ4v) is 2.09. The summed E-state index contributed by atoms with van der Waals surface area (Å²) in [5.74, 6) is -6.11. The first-order valence-electron chi connectivity index (χ1n) is 8.89. The minimum Gasteiger partial charge on any atom is -0.481 e. The number of aliphatic hydroxyl groups is 1. The Morgan fingerprint density at radius 2 is 1.37 bits per heavy atom. The number of amides is 4. The van der Waals surface area contributed by atoms with Gasteiger partial charge >= 0.3 is 11.9 Å². The maximum Gasteiger partial charge on any atom is 0.325 e. The molecular formula is C16H27N5O9. The van der Waals surface area contributed by atoms with E-state index in [4.69, 9.17) is 21.7 Å². The van der Waals surface area contributed by atoms with Crippen LogP contribution in [0, 0.1) is 0 Å². The summed E-state index contributed by atoms with van der Waals surface area (Å²) in [4.78, 5) is 69.0. The topological polar surface area (TPSA) is 251 Å². The number of hydrogen-bond acceptors (Lipinski definition) is 8. The van der Waals surface area contributed by atoms with Crippen LogP contribution < -0.4 is 27.4 Å². The van der Waals surface area contributed by atoms with Gasteiger partial charge in [-0.15, -0.1) is 0 Å². The highest BCUT2D eigenvalue weighted by atomic mass is 16.4. The number of rotatable bonds is 14. The van der Waals surface area contributed by atoms with Crippen LogP contribution in [0.15, 0.2) is 0 Å². The first-order chi connectivity index (χ1) is 13.9. The lowest BCUT2D eigenvalue weighted by atomic mass is 10.1. The van der Waals surface area contributed by atoms with Crippen LogP contribution in [0.4, 0.5) is 0 Å². The summed E-state index contributed by atoms with van der Waals surface area (Å²) in [5.41, 5.74) is 10.6. The van der Waals surface area contributed by atoms with Crippen molar-refractivity contribution in [3.63, 3.8) is 0 Å². The number of nitrogens with one attached hydrogen (secondary N) is 3. The van der Waals surface area contributed by atoms with Crippen molar-refractivity contribution in [2.75, 3.05) is 6.61 Å². The molecule has 4 unspecified atom stereocenters. The molecule has 30 heavy (non-hydrogen) atoms. The number of nitrogens with two attached hydrogens (primary N) is 2. The van der Waals surface area contributed by atoms with Gasteiger partial charge in [-0.25, -0.2) is 0 Å². The summed E-state index contributed by atoms with van der Waals surface area (Å²) in [6.45, 7) is 0.295. The molecule has 0 aromatic carbocycles. The summed E-state index contributed by atoms with van der Waals surface area (Å²) in [5, 5.41) is 33.2. The quantitative estimate of drug-likeness (QED) is 0.132. The molecule has 0 aliphatic rings. The van der Waals surface area contributed by atoms with Gasteiger partial charge in [0, 0.05) is 12.8 Å². The van der Waals surface area contributed by atoms with E-state index in [2.05, 4.69) is 16.0 Å². The molecule has 0 aliphatic heterocycles. The second kappa shape index (κ2) is 13.1. The predicted molar refractivity (Wildman–Crippen MR) is 99.5 cm³/mol. The van der Waals surface area contributed by atoms with E-state index < -0.39 is 66.3 Å². The lowest BCUT2D eigenvalue weighted by Crippen LogP contribution is -2.57. The smallest absolute Gasteiger partial charge is 0.325 e. The van der Waals surface area contributed by atoms with E-state index >= 15 is 0 Å². The Bertz CT molecular complexity index is 669. The third-order valence-electron chi connectivity index (χ3n) is 3.86. The van der Waals surface area contributed by atoms with Crippen molar-refractivity contribution in [3.05, 3.63) is 0 Å². The molecule has 14 nitrogen and oxygen atoms in total. The molecule has 4 atom stereocenters. The van der Waals surface area contributed by atoms with Gasteiger partial charge in [0.1, 0.15) is 18.1 Å². The zero-order chi connectivity index (χ0) is 23.4. The van der Waals surface area contributed by atoms with Crippen LogP contribution in [0.5, 0.6) is 0 Å². The maximum atomic E-state index is 12.5. The summed E-state index contributed by atoms with van der Waals surface area (Å²) in [6.07, 6.45) is -1.17. The first kappa shape index (κ1) is 26.7. The van der Waals surface area contributed by atoms with Gasteiger partial charge in [-0.05, 0) is 19.8 Å². The SMILES string of the molecule is CC(NC(=O)C(CO)NC(=O)C(CCC(N)=O)NC(=O)C(N)CCC(=O)O)C(=O)O. The fourth-order valence-electron chi connectivity index (χ4n) is 2.09. The molecule has 0 rings (SSSR count). The monoisotopic (exact) mass is 433 g/mol. The third-order valence-corrected chi connectivity index (χ3v) is 3.86. The van der Waals surface area contributed by atoms with Gasteiger partial charge in [0.15, 0.2) is 0 Å². The van der Waals surface area contributed by atoms with Crippen LogP contribution in [0.25, 0.3) is 0 Å². The van der Waals surface area contributed by atoms with Crippen LogP contribution in [0.1, 0.15) is 32.6 Å². The number of carbonyl (C=O) groups excluding carboxylic acids is 4. The van der Waals surface area contributed by atoms with E-state index in [0.29, 0.717) is 0 Å². The van der Waals surface area contributed by atoms with Crippen LogP contribution in [-0.4, -0.2) is 81.7 Å². The Labute approximate surface area is 171 Å². The molecule has 0 bridgehead atoms. The van der Waals surface area contributed by atoms with Crippen molar-refractivity contribution < 1.29 is 44.1 Å². The van der Waals surface area contributed by atoms with Gasteiger partial charge in [-0.2, -0.15) is 0 Å². The number of aliphatic carboxylic acids is 2. The van der Waals surface area contributed by atoms with E-state index in [1.54, 1.807) is 0 Å². The molecule has 170 valence electrons. The molecule has 0 heterocycles. The molecule has 0 saturated carbocycles. The van der Waals surface area contributed by atoms with Crippen molar-refractivity contribution in [2.45, 2.75) is 56.8 Å². The molecular weight excluding hydrogens is 406 g/mol. The number of carboxylic acids is 2. The molecule has 10 N–H and O–H groups in total. The van der Waals surface area contributed by atoms with Crippen LogP contribution in [0.3, 0.4) is 0 Å². The summed E-state index contributed by atoms with van der Waals surface area (Å²) >= 11 is 0. The third kappa shape index (κ3) is 10.3. The van der Waals surface area contributed by atoms with E-state index in [1.807, 2.05) is 0 Å². The van der Waals surface area contributed by atoms with Gasteiger partial charge in [0.05, 0.1) is 12.6 Å². The van der Waals surface area contributed by atoms with Crippen molar-refractivity contribution in [1.29, 1.82) is 0 Å². The average molecular weight is 433 g/mol. The van der Waals surface area contributed by atoms with Gasteiger partial charge in [0.25, 0.3) is 0 Å². The zero-order valence-electron chi connectivity index (χ0n) is 16.3. The van der Waals surface area contributed by atoms with E-state index in [0.717, 1.165) is 0 Å². The summed E-state index contributed by atoms with van der Waals surface area (Å²) in [7, 11) is 0. The Hall–Kier alpha value is -3.26. The fraction of sp³-hybridized carbons (Fsp3) is 0.625. The molecule has 0 aliphatic carbocycles. The number of carbonyl (C=O) groups is 6. The van der Waals surface area contributed by atoms with Crippen LogP contribution in [0.2, 0.25) is 0 Å². The molecule has 0 spiro atoms. The highest BCUT2D eigenvalue weighted by Gasteiger charge is 2.29. The zero-order valence-corrected chi connectivity index (χ0v) is 16.3. The Kier molecular flexibility index (Phi) is 11.6. The van der Waals surface area contributed by atoms with E-state index in [9.17, 15) is 33.9 Å². The van der Waals surface area contributed by atoms with Crippen molar-refractivity contribution >= 4 is 35.6 Å². The van der Waals surface area contributed by atoms with E-state index in [-0.39, 0.29) is 25.7 Å². The van der Waals surface area contributed by atoms with Crippen LogP contribution >= 0.6 is 0 Å². The molecule has 0 aromatic rings. The van der Waals surface area contributed by atoms with Crippen molar-refractivity contribution in [2.24, 2.45) is 11.5 Å². The molecule has 0 saturated heterocycles. The molecule has 0 fully saturated rings. The molecule has 0 radical (unpaired) electrons. The molecule has 0 aromatic heterocycles. The van der Waals surface area contributed by atoms with Crippen molar-refractivity contribution in [1.82, 2.24) is 16.0 Å².